The van der Waals surface area contributed by atoms with Crippen molar-refractivity contribution in [2.75, 3.05) is 18.1 Å². The van der Waals surface area contributed by atoms with Gasteiger partial charge < -0.3 is 5.32 Å². The molecular formula is C15H16ClN3O3S. The maximum absolute atomic E-state index is 12.1. The second kappa shape index (κ2) is 7.54. The molecule has 0 aliphatic rings. The molecule has 1 aromatic carbocycles. The van der Waals surface area contributed by atoms with Gasteiger partial charge in [0.2, 0.25) is 15.9 Å². The topological polar surface area (TPSA) is 79.4 Å². The fraction of sp³-hybridized carbons (Fsp3) is 0.200. The summed E-state index contributed by atoms with van der Waals surface area (Å²) in [6, 6.07) is 10.3. The molecule has 1 N–H and O–H groups in total. The third kappa shape index (κ3) is 5.31. The second-order valence-corrected chi connectivity index (χ2v) is 7.30. The van der Waals surface area contributed by atoms with Crippen LogP contribution < -0.4 is 5.32 Å². The number of rotatable bonds is 6. The van der Waals surface area contributed by atoms with Gasteiger partial charge in [-0.3, -0.25) is 9.78 Å². The van der Waals surface area contributed by atoms with E-state index in [1.165, 1.54) is 6.20 Å². The van der Waals surface area contributed by atoms with Crippen molar-refractivity contribution in [2.24, 2.45) is 0 Å². The summed E-state index contributed by atoms with van der Waals surface area (Å²) < 4.78 is 24.9. The molecule has 0 saturated carbocycles. The third-order valence-electron chi connectivity index (χ3n) is 3.04. The lowest BCUT2D eigenvalue weighted by molar-refractivity contribution is -0.116. The molecule has 8 heteroatoms. The summed E-state index contributed by atoms with van der Waals surface area (Å²) in [4.78, 5) is 15.9. The fourth-order valence-electron chi connectivity index (χ4n) is 1.90. The Balaban J connectivity index is 2.11. The summed E-state index contributed by atoms with van der Waals surface area (Å²) in [5, 5.41) is 3.06. The number of sulfonamides is 1. The van der Waals surface area contributed by atoms with Crippen LogP contribution in [0.15, 0.2) is 48.8 Å². The van der Waals surface area contributed by atoms with E-state index in [2.05, 4.69) is 10.3 Å². The highest BCUT2D eigenvalue weighted by molar-refractivity contribution is 7.88. The predicted octanol–water partition coefficient (Wildman–Crippen LogP) is 2.14. The van der Waals surface area contributed by atoms with Crippen LogP contribution in [0.4, 0.5) is 5.69 Å². The smallest absolute Gasteiger partial charge is 0.239 e. The summed E-state index contributed by atoms with van der Waals surface area (Å²) >= 11 is 6.05. The zero-order chi connectivity index (χ0) is 16.9. The SMILES string of the molecule is CS(=O)(=O)N(CC(=O)Nc1cccnc1)Cc1ccccc1Cl. The molecule has 0 bridgehead atoms. The van der Waals surface area contributed by atoms with Crippen molar-refractivity contribution in [3.8, 4) is 0 Å². The Morgan fingerprint density at radius 3 is 2.61 bits per heavy atom. The van der Waals surface area contributed by atoms with Gasteiger partial charge >= 0.3 is 0 Å². The van der Waals surface area contributed by atoms with Gasteiger partial charge in [0, 0.05) is 17.8 Å². The molecule has 0 unspecified atom stereocenters. The number of carbonyl (C=O) groups is 1. The molecule has 6 nitrogen and oxygen atoms in total. The third-order valence-corrected chi connectivity index (χ3v) is 4.60. The Morgan fingerprint density at radius 2 is 2.00 bits per heavy atom. The zero-order valence-corrected chi connectivity index (χ0v) is 14.0. The molecule has 1 aromatic heterocycles. The molecule has 1 heterocycles. The van der Waals surface area contributed by atoms with E-state index >= 15 is 0 Å². The van der Waals surface area contributed by atoms with Gasteiger partial charge in [0.15, 0.2) is 0 Å². The molecule has 0 spiro atoms. The molecule has 122 valence electrons. The summed E-state index contributed by atoms with van der Waals surface area (Å²) in [6.45, 7) is -0.280. The number of nitrogens with zero attached hydrogens (tertiary/aromatic N) is 2. The average Bonchev–Trinajstić information content (AvgIpc) is 2.48. The van der Waals surface area contributed by atoms with Crippen LogP contribution in [0.2, 0.25) is 5.02 Å². The molecule has 0 fully saturated rings. The number of amides is 1. The average molecular weight is 354 g/mol. The van der Waals surface area contributed by atoms with Gasteiger partial charge in [-0.1, -0.05) is 29.8 Å². The number of benzene rings is 1. The van der Waals surface area contributed by atoms with E-state index in [1.807, 2.05) is 0 Å². The van der Waals surface area contributed by atoms with Crippen LogP contribution in [0.1, 0.15) is 5.56 Å². The summed E-state index contributed by atoms with van der Waals surface area (Å²) in [5.74, 6) is -0.449. The van der Waals surface area contributed by atoms with Crippen LogP contribution in [0, 0.1) is 0 Å². The monoisotopic (exact) mass is 353 g/mol. The Labute approximate surface area is 140 Å². The van der Waals surface area contributed by atoms with E-state index in [0.29, 0.717) is 16.3 Å². The lowest BCUT2D eigenvalue weighted by atomic mass is 10.2. The second-order valence-electron chi connectivity index (χ2n) is 4.91. The lowest BCUT2D eigenvalue weighted by Gasteiger charge is -2.20. The molecular weight excluding hydrogens is 338 g/mol. The van der Waals surface area contributed by atoms with E-state index in [-0.39, 0.29) is 13.1 Å². The van der Waals surface area contributed by atoms with Crippen molar-refractivity contribution in [1.29, 1.82) is 0 Å². The van der Waals surface area contributed by atoms with Crippen molar-refractivity contribution in [3.63, 3.8) is 0 Å². The number of nitrogens with one attached hydrogen (secondary N) is 1. The van der Waals surface area contributed by atoms with E-state index < -0.39 is 15.9 Å². The van der Waals surface area contributed by atoms with Crippen LogP contribution in [0.3, 0.4) is 0 Å². The van der Waals surface area contributed by atoms with E-state index in [1.54, 1.807) is 42.6 Å². The van der Waals surface area contributed by atoms with Gasteiger partial charge in [-0.05, 0) is 23.8 Å². The van der Waals surface area contributed by atoms with Crippen LogP contribution >= 0.6 is 11.6 Å². The number of carbonyl (C=O) groups excluding carboxylic acids is 1. The van der Waals surface area contributed by atoms with Gasteiger partial charge in [-0.25, -0.2) is 8.42 Å². The number of hydrogen-bond acceptors (Lipinski definition) is 4. The fourth-order valence-corrected chi connectivity index (χ4v) is 2.83. The van der Waals surface area contributed by atoms with Crippen molar-refractivity contribution >= 4 is 33.2 Å². The summed E-state index contributed by atoms with van der Waals surface area (Å²) in [7, 11) is -3.57. The molecule has 0 atom stereocenters. The van der Waals surface area contributed by atoms with Crippen LogP contribution in [0.25, 0.3) is 0 Å². The number of anilines is 1. The maximum atomic E-state index is 12.1. The van der Waals surface area contributed by atoms with E-state index in [0.717, 1.165) is 10.6 Å². The quantitative estimate of drug-likeness (QED) is 0.862. The summed E-state index contributed by atoms with van der Waals surface area (Å²) in [6.07, 6.45) is 4.12. The molecule has 0 saturated heterocycles. The van der Waals surface area contributed by atoms with Gasteiger partial charge in [0.1, 0.15) is 0 Å². The number of halogens is 1. The van der Waals surface area contributed by atoms with Gasteiger partial charge in [0.25, 0.3) is 0 Å². The standard InChI is InChI=1S/C15H16ClN3O3S/c1-23(21,22)19(10-12-5-2-3-7-14(12)16)11-15(20)18-13-6-4-8-17-9-13/h2-9H,10-11H2,1H3,(H,18,20). The van der Waals surface area contributed by atoms with Crippen molar-refractivity contribution in [2.45, 2.75) is 6.54 Å². The maximum Gasteiger partial charge on any atom is 0.239 e. The first-order valence-corrected chi connectivity index (χ1v) is 8.97. The first-order valence-electron chi connectivity index (χ1n) is 6.74. The lowest BCUT2D eigenvalue weighted by Crippen LogP contribution is -2.37. The van der Waals surface area contributed by atoms with E-state index in [4.69, 9.17) is 11.6 Å². The zero-order valence-electron chi connectivity index (χ0n) is 12.4. The molecule has 0 aliphatic heterocycles. The Hall–Kier alpha value is -1.96. The van der Waals surface area contributed by atoms with Crippen molar-refractivity contribution < 1.29 is 13.2 Å². The molecule has 1 amide bonds. The normalized spacial score (nSPS) is 11.4. The Morgan fingerprint density at radius 1 is 1.26 bits per heavy atom. The molecule has 0 radical (unpaired) electrons. The number of hydrogen-bond donors (Lipinski definition) is 1. The van der Waals surface area contributed by atoms with Crippen molar-refractivity contribution in [3.05, 3.63) is 59.4 Å². The number of pyridine rings is 1. The highest BCUT2D eigenvalue weighted by atomic mass is 35.5. The minimum atomic E-state index is -3.57. The first kappa shape index (κ1) is 17.4. The first-order chi connectivity index (χ1) is 10.9. The van der Waals surface area contributed by atoms with Gasteiger partial charge in [-0.15, -0.1) is 0 Å². The van der Waals surface area contributed by atoms with Gasteiger partial charge in [-0.2, -0.15) is 4.31 Å². The Bertz CT molecular complexity index is 782. The number of aromatic nitrogens is 1. The molecule has 23 heavy (non-hydrogen) atoms. The highest BCUT2D eigenvalue weighted by Crippen LogP contribution is 2.18. The van der Waals surface area contributed by atoms with Gasteiger partial charge in [0.05, 0.1) is 24.7 Å². The molecule has 0 aliphatic carbocycles. The van der Waals surface area contributed by atoms with Crippen LogP contribution in [-0.2, 0) is 21.4 Å². The molecule has 2 rings (SSSR count). The predicted molar refractivity (Wildman–Crippen MR) is 89.6 cm³/mol. The molecule has 2 aromatic rings. The Kier molecular flexibility index (Phi) is 5.70. The highest BCUT2D eigenvalue weighted by Gasteiger charge is 2.21. The van der Waals surface area contributed by atoms with Crippen LogP contribution in [-0.4, -0.2) is 36.4 Å². The van der Waals surface area contributed by atoms with Crippen LogP contribution in [0.5, 0.6) is 0 Å². The minimum absolute atomic E-state index is 0.0268. The van der Waals surface area contributed by atoms with Crippen molar-refractivity contribution in [1.82, 2.24) is 9.29 Å². The van der Waals surface area contributed by atoms with E-state index in [9.17, 15) is 13.2 Å². The largest absolute Gasteiger partial charge is 0.324 e. The minimum Gasteiger partial charge on any atom is -0.324 e. The summed E-state index contributed by atoms with van der Waals surface area (Å²) in [5.41, 5.74) is 1.14.